The number of benzene rings is 11. The summed E-state index contributed by atoms with van der Waals surface area (Å²) in [7, 11) is 0. The standard InChI is InChI=1S/C62H38N2OS2/c1-4-15-39(16-5-1)46-25-14-26-57-60(46)52-32-28-44(37-58(52)66-57)64(41-19-8-3-9-20-41)45-29-33-53-59(38-45)67-62-61(53)55-36-43(30-34-56(55)65-62)63(40-17-6-2-7-18-40)42-27-31-51-49-23-11-10-21-47(49)48-22-12-13-24-50(48)54(51)35-42/h1-38H. The summed E-state index contributed by atoms with van der Waals surface area (Å²) in [6, 6.07) is 83.8. The van der Waals surface area contributed by atoms with E-state index in [1.54, 1.807) is 11.3 Å². The van der Waals surface area contributed by atoms with Crippen molar-refractivity contribution in [3.63, 3.8) is 0 Å². The number of furan rings is 1. The minimum Gasteiger partial charge on any atom is -0.445 e. The Labute approximate surface area is 394 Å². The number of fused-ring (bicyclic) bond motifs is 14. The van der Waals surface area contributed by atoms with Crippen molar-refractivity contribution in [1.82, 2.24) is 0 Å². The molecule has 0 saturated heterocycles. The molecule has 14 aromatic rings. The largest absolute Gasteiger partial charge is 0.445 e. The van der Waals surface area contributed by atoms with Crippen LogP contribution in [0.1, 0.15) is 0 Å². The van der Waals surface area contributed by atoms with E-state index in [-0.39, 0.29) is 0 Å². The molecule has 0 atom stereocenters. The zero-order chi connectivity index (χ0) is 44.0. The van der Waals surface area contributed by atoms with Gasteiger partial charge in [0.05, 0.1) is 0 Å². The predicted molar refractivity (Wildman–Crippen MR) is 289 cm³/mol. The van der Waals surface area contributed by atoms with Crippen molar-refractivity contribution in [1.29, 1.82) is 0 Å². The van der Waals surface area contributed by atoms with Gasteiger partial charge in [0.15, 0.2) is 4.90 Å². The molecule has 0 bridgehead atoms. The van der Waals surface area contributed by atoms with E-state index in [4.69, 9.17) is 4.42 Å². The van der Waals surface area contributed by atoms with Gasteiger partial charge in [-0.05, 0) is 128 Å². The monoisotopic (exact) mass is 890 g/mol. The number of para-hydroxylation sites is 2. The van der Waals surface area contributed by atoms with Gasteiger partial charge in [0.1, 0.15) is 5.58 Å². The molecule has 0 aliphatic heterocycles. The number of hydrogen-bond acceptors (Lipinski definition) is 5. The highest BCUT2D eigenvalue weighted by Gasteiger charge is 2.22. The molecule has 0 radical (unpaired) electrons. The third-order valence-electron chi connectivity index (χ3n) is 13.4. The second-order valence-electron chi connectivity index (χ2n) is 17.2. The Balaban J connectivity index is 0.899. The Morgan fingerprint density at radius 3 is 1.36 bits per heavy atom. The molecular formula is C62H38N2OS2. The molecule has 0 spiro atoms. The van der Waals surface area contributed by atoms with Crippen molar-refractivity contribution >= 4 is 141 Å². The molecule has 3 aromatic heterocycles. The molecule has 0 N–H and O–H groups in total. The second-order valence-corrected chi connectivity index (χ2v) is 19.3. The van der Waals surface area contributed by atoms with Crippen LogP contribution in [0.25, 0.3) is 95.0 Å². The van der Waals surface area contributed by atoms with Gasteiger partial charge in [-0.25, -0.2) is 0 Å². The summed E-state index contributed by atoms with van der Waals surface area (Å²) in [5.41, 5.74) is 10.0. The molecule has 3 nitrogen and oxygen atoms in total. The quantitative estimate of drug-likeness (QED) is 0.149. The molecule has 3 heterocycles. The van der Waals surface area contributed by atoms with Crippen molar-refractivity contribution in [2.45, 2.75) is 0 Å². The van der Waals surface area contributed by atoms with Gasteiger partial charge in [-0.2, -0.15) is 0 Å². The first-order valence-electron chi connectivity index (χ1n) is 22.6. The van der Waals surface area contributed by atoms with Gasteiger partial charge >= 0.3 is 0 Å². The maximum absolute atomic E-state index is 6.71. The van der Waals surface area contributed by atoms with Crippen LogP contribution in [0.15, 0.2) is 235 Å². The Bertz CT molecular complexity index is 4190. The first kappa shape index (κ1) is 38.1. The van der Waals surface area contributed by atoms with Crippen molar-refractivity contribution in [3.05, 3.63) is 231 Å². The van der Waals surface area contributed by atoms with Crippen LogP contribution >= 0.6 is 22.7 Å². The highest BCUT2D eigenvalue weighted by molar-refractivity contribution is 7.26. The molecule has 0 saturated carbocycles. The van der Waals surface area contributed by atoms with E-state index < -0.39 is 0 Å². The van der Waals surface area contributed by atoms with Crippen LogP contribution in [0, 0.1) is 0 Å². The van der Waals surface area contributed by atoms with Gasteiger partial charge in [0.2, 0.25) is 0 Å². The van der Waals surface area contributed by atoms with Crippen LogP contribution in [-0.2, 0) is 0 Å². The Morgan fingerprint density at radius 2 is 0.746 bits per heavy atom. The number of hydrogen-bond donors (Lipinski definition) is 0. The zero-order valence-electron chi connectivity index (χ0n) is 36.1. The van der Waals surface area contributed by atoms with Crippen LogP contribution in [0.5, 0.6) is 0 Å². The van der Waals surface area contributed by atoms with Crippen LogP contribution in [-0.4, -0.2) is 0 Å². The lowest BCUT2D eigenvalue weighted by Gasteiger charge is -2.26. The minimum atomic E-state index is 0.887. The van der Waals surface area contributed by atoms with E-state index in [0.717, 1.165) is 55.4 Å². The minimum absolute atomic E-state index is 0.887. The first-order valence-corrected chi connectivity index (χ1v) is 24.3. The van der Waals surface area contributed by atoms with Crippen LogP contribution < -0.4 is 9.80 Å². The normalized spacial score (nSPS) is 11.9. The molecule has 0 amide bonds. The summed E-state index contributed by atoms with van der Waals surface area (Å²) in [6.45, 7) is 0. The van der Waals surface area contributed by atoms with Crippen molar-refractivity contribution in [2.24, 2.45) is 0 Å². The van der Waals surface area contributed by atoms with Crippen molar-refractivity contribution in [2.75, 3.05) is 9.80 Å². The van der Waals surface area contributed by atoms with Crippen molar-refractivity contribution in [3.8, 4) is 11.1 Å². The lowest BCUT2D eigenvalue weighted by Crippen LogP contribution is -2.09. The van der Waals surface area contributed by atoms with E-state index in [1.807, 2.05) is 11.3 Å². The number of nitrogens with zero attached hydrogens (tertiary/aromatic N) is 2. The fraction of sp³-hybridized carbons (Fsp3) is 0. The summed E-state index contributed by atoms with van der Waals surface area (Å²) in [5.74, 6) is 0. The molecule has 0 fully saturated rings. The smallest absolute Gasteiger partial charge is 0.190 e. The van der Waals surface area contributed by atoms with E-state index in [0.29, 0.717) is 0 Å². The fourth-order valence-corrected chi connectivity index (χ4v) is 12.7. The highest BCUT2D eigenvalue weighted by Crippen LogP contribution is 2.48. The summed E-state index contributed by atoms with van der Waals surface area (Å²) in [4.78, 5) is 5.69. The van der Waals surface area contributed by atoms with Gasteiger partial charge in [0.25, 0.3) is 0 Å². The zero-order valence-corrected chi connectivity index (χ0v) is 37.7. The van der Waals surface area contributed by atoms with Gasteiger partial charge in [-0.1, -0.05) is 157 Å². The maximum Gasteiger partial charge on any atom is 0.190 e. The lowest BCUT2D eigenvalue weighted by atomic mass is 9.94. The van der Waals surface area contributed by atoms with Gasteiger partial charge in [0, 0.05) is 75.2 Å². The van der Waals surface area contributed by atoms with Crippen LogP contribution in [0.4, 0.5) is 34.1 Å². The molecule has 11 aromatic carbocycles. The number of anilines is 6. The van der Waals surface area contributed by atoms with Gasteiger partial charge in [-0.15, -0.1) is 11.3 Å². The Morgan fingerprint density at radius 1 is 0.284 bits per heavy atom. The third-order valence-corrected chi connectivity index (χ3v) is 15.6. The average Bonchev–Trinajstić information content (AvgIpc) is 4.07. The summed E-state index contributed by atoms with van der Waals surface area (Å²) in [5, 5.41) is 13.6. The van der Waals surface area contributed by atoms with E-state index in [1.165, 1.54) is 73.7 Å². The van der Waals surface area contributed by atoms with Crippen LogP contribution in [0.3, 0.4) is 0 Å². The highest BCUT2D eigenvalue weighted by atomic mass is 32.1. The number of rotatable bonds is 7. The molecule has 5 heteroatoms. The van der Waals surface area contributed by atoms with E-state index in [2.05, 4.69) is 240 Å². The average molecular weight is 891 g/mol. The number of thiophene rings is 2. The van der Waals surface area contributed by atoms with Crippen LogP contribution in [0.2, 0.25) is 0 Å². The molecule has 314 valence electrons. The van der Waals surface area contributed by atoms with Gasteiger partial charge < -0.3 is 14.2 Å². The fourth-order valence-electron chi connectivity index (χ4n) is 10.5. The summed E-state index contributed by atoms with van der Waals surface area (Å²) in [6.07, 6.45) is 0. The third kappa shape index (κ3) is 6.09. The maximum atomic E-state index is 6.71. The van der Waals surface area contributed by atoms with E-state index >= 15 is 0 Å². The van der Waals surface area contributed by atoms with E-state index in [9.17, 15) is 0 Å². The molecule has 0 aliphatic rings. The molecule has 67 heavy (non-hydrogen) atoms. The van der Waals surface area contributed by atoms with Gasteiger partial charge in [-0.3, -0.25) is 0 Å². The summed E-state index contributed by atoms with van der Waals surface area (Å²) >= 11 is 3.58. The van der Waals surface area contributed by atoms with Crippen molar-refractivity contribution < 1.29 is 4.42 Å². The SMILES string of the molecule is c1ccc(-c2cccc3sc4cc(N(c5ccccc5)c5ccc6c(c5)sc5oc7ccc(N(c8ccccc8)c8ccc9c%10ccccc%10c%10ccccc%10c9c8)cc7c56)ccc4c23)cc1. The summed E-state index contributed by atoms with van der Waals surface area (Å²) < 4.78 is 10.5. The Kier molecular flexibility index (Phi) is 8.63. The molecular weight excluding hydrogens is 853 g/mol. The molecule has 0 unspecified atom stereocenters. The topological polar surface area (TPSA) is 19.6 Å². The first-order chi connectivity index (χ1) is 33.2. The second kappa shape index (κ2) is 15.2. The molecule has 14 rings (SSSR count). The predicted octanol–water partition coefficient (Wildman–Crippen LogP) is 19.2. The lowest BCUT2D eigenvalue weighted by molar-refractivity contribution is 0.678. The Hall–Kier alpha value is -8.22. The molecule has 0 aliphatic carbocycles.